The van der Waals surface area contributed by atoms with Gasteiger partial charge in [-0.1, -0.05) is 6.07 Å². The average molecular weight is 453 g/mol. The first-order valence-corrected chi connectivity index (χ1v) is 10.9. The zero-order chi connectivity index (χ0) is 24.1. The Labute approximate surface area is 198 Å². The molecule has 34 heavy (non-hydrogen) atoms. The van der Waals surface area contributed by atoms with Crippen molar-refractivity contribution in [2.75, 3.05) is 30.9 Å². The predicted octanol–water partition coefficient (Wildman–Crippen LogP) is 4.19. The standard InChI is InChI=1S/C26H24N6O2/c1-17-3-4-21(32-25(33)18-5-8-29-23(12-18)26(16-28)6-7-26)13-22(17)20-11-19(14-27)24(31-15-20)30-9-10-34-2/h3-5,8,11-13,15H,6-7,9-10H2,1-2H3,(H,30,31)(H,32,33). The number of aromatic nitrogens is 2. The van der Waals surface area contributed by atoms with Crippen molar-refractivity contribution in [1.29, 1.82) is 10.5 Å². The third-order valence-corrected chi connectivity index (χ3v) is 5.89. The van der Waals surface area contributed by atoms with Crippen LogP contribution in [0.3, 0.4) is 0 Å². The lowest BCUT2D eigenvalue weighted by Gasteiger charge is -2.13. The summed E-state index contributed by atoms with van der Waals surface area (Å²) in [5.74, 6) is 0.227. The van der Waals surface area contributed by atoms with Gasteiger partial charge in [-0.05, 0) is 61.2 Å². The van der Waals surface area contributed by atoms with Gasteiger partial charge in [-0.15, -0.1) is 0 Å². The summed E-state index contributed by atoms with van der Waals surface area (Å²) in [5.41, 5.74) is 4.21. The van der Waals surface area contributed by atoms with Gasteiger partial charge in [-0.2, -0.15) is 10.5 Å². The van der Waals surface area contributed by atoms with Gasteiger partial charge in [0.1, 0.15) is 11.9 Å². The first kappa shape index (κ1) is 22.9. The third kappa shape index (κ3) is 4.73. The molecule has 2 heterocycles. The summed E-state index contributed by atoms with van der Waals surface area (Å²) >= 11 is 0. The molecule has 0 aliphatic heterocycles. The normalized spacial score (nSPS) is 13.4. The Kier molecular flexibility index (Phi) is 6.53. The Hall–Kier alpha value is -4.27. The molecule has 3 aromatic rings. The highest BCUT2D eigenvalue weighted by molar-refractivity contribution is 6.04. The number of aryl methyl sites for hydroxylation is 1. The quantitative estimate of drug-likeness (QED) is 0.491. The number of nitrogens with one attached hydrogen (secondary N) is 2. The summed E-state index contributed by atoms with van der Waals surface area (Å²) in [6.45, 7) is 3.01. The van der Waals surface area contributed by atoms with E-state index in [0.717, 1.165) is 29.5 Å². The maximum atomic E-state index is 12.9. The van der Waals surface area contributed by atoms with Crippen LogP contribution in [0.15, 0.2) is 48.8 Å². The number of pyridine rings is 2. The Morgan fingerprint density at radius 2 is 2.00 bits per heavy atom. The second kappa shape index (κ2) is 9.70. The van der Waals surface area contributed by atoms with Crippen molar-refractivity contribution in [3.05, 3.63) is 71.2 Å². The molecule has 2 aromatic heterocycles. The lowest BCUT2D eigenvalue weighted by molar-refractivity contribution is 0.102. The summed E-state index contributed by atoms with van der Waals surface area (Å²) in [5, 5.41) is 25.0. The highest BCUT2D eigenvalue weighted by Crippen LogP contribution is 2.46. The zero-order valence-corrected chi connectivity index (χ0v) is 19.1. The molecule has 0 saturated heterocycles. The summed E-state index contributed by atoms with van der Waals surface area (Å²) in [7, 11) is 1.61. The zero-order valence-electron chi connectivity index (χ0n) is 19.1. The number of amides is 1. The molecule has 8 heteroatoms. The van der Waals surface area contributed by atoms with E-state index in [1.54, 1.807) is 37.7 Å². The number of hydrogen-bond donors (Lipinski definition) is 2. The van der Waals surface area contributed by atoms with E-state index in [-0.39, 0.29) is 5.91 Å². The van der Waals surface area contributed by atoms with Crippen LogP contribution in [0.5, 0.6) is 0 Å². The minimum Gasteiger partial charge on any atom is -0.383 e. The van der Waals surface area contributed by atoms with Gasteiger partial charge < -0.3 is 15.4 Å². The van der Waals surface area contributed by atoms with E-state index in [2.05, 4.69) is 32.7 Å². The number of benzene rings is 1. The van der Waals surface area contributed by atoms with Crippen molar-refractivity contribution in [2.24, 2.45) is 0 Å². The van der Waals surface area contributed by atoms with E-state index >= 15 is 0 Å². The molecule has 1 amide bonds. The van der Waals surface area contributed by atoms with Crippen LogP contribution in [0.4, 0.5) is 11.5 Å². The number of ether oxygens (including phenoxy) is 1. The molecule has 4 rings (SSSR count). The van der Waals surface area contributed by atoms with Crippen molar-refractivity contribution in [3.63, 3.8) is 0 Å². The molecule has 0 unspecified atom stereocenters. The Bertz CT molecular complexity index is 1320. The molecule has 0 atom stereocenters. The number of rotatable bonds is 8. The molecule has 170 valence electrons. The highest BCUT2D eigenvalue weighted by Gasteiger charge is 2.46. The minimum absolute atomic E-state index is 0.277. The maximum absolute atomic E-state index is 12.9. The molecule has 0 bridgehead atoms. The SMILES string of the molecule is COCCNc1ncc(-c2cc(NC(=O)c3ccnc(C4(C#N)CC4)c3)ccc2C)cc1C#N. The summed E-state index contributed by atoms with van der Waals surface area (Å²) in [4.78, 5) is 21.6. The molecule has 1 aromatic carbocycles. The predicted molar refractivity (Wildman–Crippen MR) is 128 cm³/mol. The van der Waals surface area contributed by atoms with Gasteiger partial charge >= 0.3 is 0 Å². The first-order chi connectivity index (χ1) is 16.5. The molecule has 1 fully saturated rings. The second-order valence-corrected chi connectivity index (χ2v) is 8.26. The third-order valence-electron chi connectivity index (χ3n) is 5.89. The number of carbonyl (C=O) groups is 1. The van der Waals surface area contributed by atoms with Gasteiger partial charge in [0.15, 0.2) is 0 Å². The van der Waals surface area contributed by atoms with Crippen molar-refractivity contribution in [3.8, 4) is 23.3 Å². The monoisotopic (exact) mass is 452 g/mol. The maximum Gasteiger partial charge on any atom is 0.255 e. The first-order valence-electron chi connectivity index (χ1n) is 10.9. The fourth-order valence-electron chi connectivity index (χ4n) is 3.71. The van der Waals surface area contributed by atoms with Crippen LogP contribution in [0.2, 0.25) is 0 Å². The lowest BCUT2D eigenvalue weighted by atomic mass is 9.99. The molecule has 8 nitrogen and oxygen atoms in total. The van der Waals surface area contributed by atoms with Gasteiger partial charge in [0.2, 0.25) is 0 Å². The van der Waals surface area contributed by atoms with E-state index in [1.165, 1.54) is 0 Å². The number of methoxy groups -OCH3 is 1. The highest BCUT2D eigenvalue weighted by atomic mass is 16.5. The van der Waals surface area contributed by atoms with Crippen molar-refractivity contribution >= 4 is 17.4 Å². The Morgan fingerprint density at radius 1 is 1.18 bits per heavy atom. The van der Waals surface area contributed by atoms with Crippen LogP contribution < -0.4 is 10.6 Å². The topological polar surface area (TPSA) is 124 Å². The van der Waals surface area contributed by atoms with E-state index < -0.39 is 5.41 Å². The molecule has 1 saturated carbocycles. The molecular formula is C26H24N6O2. The summed E-state index contributed by atoms with van der Waals surface area (Å²) in [6, 6.07) is 15.2. The number of hydrogen-bond acceptors (Lipinski definition) is 7. The summed E-state index contributed by atoms with van der Waals surface area (Å²) < 4.78 is 5.03. The van der Waals surface area contributed by atoms with E-state index in [0.29, 0.717) is 41.5 Å². The van der Waals surface area contributed by atoms with Gasteiger partial charge in [0, 0.05) is 42.9 Å². The van der Waals surface area contributed by atoms with Crippen molar-refractivity contribution in [2.45, 2.75) is 25.2 Å². The van der Waals surface area contributed by atoms with Crippen LogP contribution in [0, 0.1) is 29.6 Å². The largest absolute Gasteiger partial charge is 0.383 e. The lowest BCUT2D eigenvalue weighted by Crippen LogP contribution is -2.14. The second-order valence-electron chi connectivity index (χ2n) is 8.26. The number of anilines is 2. The molecular weight excluding hydrogens is 428 g/mol. The van der Waals surface area contributed by atoms with E-state index in [1.807, 2.05) is 25.1 Å². The van der Waals surface area contributed by atoms with Crippen LogP contribution in [0.25, 0.3) is 11.1 Å². The van der Waals surface area contributed by atoms with Crippen LogP contribution >= 0.6 is 0 Å². The Morgan fingerprint density at radius 3 is 2.71 bits per heavy atom. The van der Waals surface area contributed by atoms with Crippen LogP contribution in [-0.4, -0.2) is 36.1 Å². The van der Waals surface area contributed by atoms with Crippen molar-refractivity contribution in [1.82, 2.24) is 9.97 Å². The number of nitrogens with zero attached hydrogens (tertiary/aromatic N) is 4. The minimum atomic E-state index is -0.552. The molecule has 0 radical (unpaired) electrons. The molecule has 2 N–H and O–H groups in total. The summed E-state index contributed by atoms with van der Waals surface area (Å²) in [6.07, 6.45) is 4.81. The van der Waals surface area contributed by atoms with Gasteiger partial charge in [0.05, 0.1) is 29.3 Å². The molecule has 1 aliphatic carbocycles. The van der Waals surface area contributed by atoms with E-state index in [9.17, 15) is 15.3 Å². The Balaban J connectivity index is 1.56. The fraction of sp³-hybridized carbons (Fsp3) is 0.269. The van der Waals surface area contributed by atoms with Gasteiger partial charge in [-0.3, -0.25) is 9.78 Å². The van der Waals surface area contributed by atoms with Crippen LogP contribution in [-0.2, 0) is 10.2 Å². The van der Waals surface area contributed by atoms with E-state index in [4.69, 9.17) is 4.74 Å². The molecule has 1 aliphatic rings. The number of nitriles is 2. The van der Waals surface area contributed by atoms with Gasteiger partial charge in [0.25, 0.3) is 5.91 Å². The van der Waals surface area contributed by atoms with Gasteiger partial charge in [-0.25, -0.2) is 4.98 Å². The number of carbonyl (C=O) groups excluding carboxylic acids is 1. The van der Waals surface area contributed by atoms with Crippen molar-refractivity contribution < 1.29 is 9.53 Å². The average Bonchev–Trinajstić information content (AvgIpc) is 3.67. The smallest absolute Gasteiger partial charge is 0.255 e. The molecule has 0 spiro atoms. The fourth-order valence-corrected chi connectivity index (χ4v) is 3.71. The van der Waals surface area contributed by atoms with Crippen LogP contribution in [0.1, 0.15) is 40.0 Å².